The van der Waals surface area contributed by atoms with E-state index in [1.807, 2.05) is 22.7 Å². The van der Waals surface area contributed by atoms with Gasteiger partial charge in [0, 0.05) is 26.9 Å². The number of hydrogen-bond donors (Lipinski definition) is 0. The van der Waals surface area contributed by atoms with Gasteiger partial charge in [-0.3, -0.25) is 0 Å². The van der Waals surface area contributed by atoms with Gasteiger partial charge in [-0.05, 0) is 60.1 Å². The molecule has 5 aromatic rings. The van der Waals surface area contributed by atoms with Gasteiger partial charge in [-0.1, -0.05) is 101 Å². The van der Waals surface area contributed by atoms with E-state index in [2.05, 4.69) is 98.1 Å². The molecule has 0 N–H and O–H groups in total. The molecule has 2 unspecified atom stereocenters. The molecule has 0 saturated heterocycles. The molecule has 0 aliphatic rings. The second-order valence-electron chi connectivity index (χ2n) is 15.6. The van der Waals surface area contributed by atoms with E-state index in [4.69, 9.17) is 8.75 Å². The SMILES string of the molecule is CCCCCC(CC)CCC(CC(C)C)n1c2cc(-c3cc(C#N)c(C(C)(C)C)c4nsnc34)sc2c2sc(C(C)(C)C)cc21. The van der Waals surface area contributed by atoms with Crippen molar-refractivity contribution < 1.29 is 0 Å². The lowest BCUT2D eigenvalue weighted by atomic mass is 9.82. The number of nitriles is 1. The summed E-state index contributed by atoms with van der Waals surface area (Å²) in [5, 5.41) is 10.3. The van der Waals surface area contributed by atoms with Crippen LogP contribution < -0.4 is 0 Å². The molecule has 45 heavy (non-hydrogen) atoms. The van der Waals surface area contributed by atoms with Crippen molar-refractivity contribution in [2.75, 3.05) is 0 Å². The van der Waals surface area contributed by atoms with Crippen LogP contribution in [-0.4, -0.2) is 13.3 Å². The molecule has 0 radical (unpaired) electrons. The van der Waals surface area contributed by atoms with E-state index in [-0.39, 0.29) is 10.8 Å². The minimum atomic E-state index is -0.197. The number of rotatable bonds is 12. The lowest BCUT2D eigenvalue weighted by Gasteiger charge is -2.25. The van der Waals surface area contributed by atoms with Crippen molar-refractivity contribution in [3.05, 3.63) is 34.2 Å². The smallest absolute Gasteiger partial charge is 0.113 e. The average Bonchev–Trinajstić information content (AvgIpc) is 3.74. The Balaban J connectivity index is 1.69. The van der Waals surface area contributed by atoms with Crippen molar-refractivity contribution in [2.24, 2.45) is 11.8 Å². The van der Waals surface area contributed by atoms with Gasteiger partial charge in [0.1, 0.15) is 11.0 Å². The van der Waals surface area contributed by atoms with Gasteiger partial charge in [-0.25, -0.2) is 0 Å². The summed E-state index contributed by atoms with van der Waals surface area (Å²) in [6.07, 6.45) is 10.3. The van der Waals surface area contributed by atoms with E-state index < -0.39 is 0 Å². The Morgan fingerprint density at radius 1 is 0.844 bits per heavy atom. The topological polar surface area (TPSA) is 54.5 Å². The van der Waals surface area contributed by atoms with E-state index in [0.717, 1.165) is 28.1 Å². The van der Waals surface area contributed by atoms with E-state index in [1.54, 1.807) is 0 Å². The first-order valence-corrected chi connectivity index (χ1v) is 19.4. The zero-order valence-corrected chi connectivity index (χ0v) is 31.6. The zero-order valence-electron chi connectivity index (χ0n) is 29.1. The van der Waals surface area contributed by atoms with Crippen LogP contribution in [0.3, 0.4) is 0 Å². The van der Waals surface area contributed by atoms with Gasteiger partial charge in [-0.2, -0.15) is 14.0 Å². The van der Waals surface area contributed by atoms with Crippen LogP contribution in [0.15, 0.2) is 18.2 Å². The van der Waals surface area contributed by atoms with Crippen LogP contribution in [-0.2, 0) is 10.8 Å². The van der Waals surface area contributed by atoms with Crippen LogP contribution in [0.2, 0.25) is 0 Å². The summed E-state index contributed by atoms with van der Waals surface area (Å²) >= 11 is 5.10. The standard InChI is InChI=1S/C38H52N4S3/c1-11-13-14-15-24(12-2)16-17-26(18-23(3)4)42-28-20-30(43-35(28)36-29(42)21-31(44-36)37(5,6)7)27-19-25(22-39)32(38(8,9)10)34-33(27)40-45-41-34/h19-21,23-24,26H,11-18H2,1-10H3. The zero-order chi connectivity index (χ0) is 32.7. The fourth-order valence-corrected chi connectivity index (χ4v) is 10.1. The van der Waals surface area contributed by atoms with Gasteiger partial charge < -0.3 is 4.57 Å². The van der Waals surface area contributed by atoms with E-state index >= 15 is 0 Å². The molecule has 0 bridgehead atoms. The van der Waals surface area contributed by atoms with Crippen molar-refractivity contribution in [3.63, 3.8) is 0 Å². The van der Waals surface area contributed by atoms with Crippen LogP contribution >= 0.6 is 34.4 Å². The molecular formula is C38H52N4S3. The van der Waals surface area contributed by atoms with Crippen LogP contribution in [0, 0.1) is 23.2 Å². The Morgan fingerprint density at radius 3 is 2.16 bits per heavy atom. The summed E-state index contributed by atoms with van der Waals surface area (Å²) in [6, 6.07) is 9.94. The van der Waals surface area contributed by atoms with E-state index in [9.17, 15) is 5.26 Å². The monoisotopic (exact) mass is 660 g/mol. The van der Waals surface area contributed by atoms with Gasteiger partial charge in [-0.15, -0.1) is 22.7 Å². The fraction of sp³-hybridized carbons (Fsp3) is 0.605. The highest BCUT2D eigenvalue weighted by atomic mass is 32.1. The van der Waals surface area contributed by atoms with Crippen LogP contribution in [0.4, 0.5) is 0 Å². The second kappa shape index (κ2) is 13.5. The number of nitrogens with zero attached hydrogens (tertiary/aromatic N) is 4. The Bertz CT molecular complexity index is 1810. The van der Waals surface area contributed by atoms with Crippen LogP contribution in [0.5, 0.6) is 0 Å². The molecule has 5 rings (SSSR count). The molecule has 0 aliphatic carbocycles. The molecule has 0 saturated carbocycles. The molecule has 7 heteroatoms. The quantitative estimate of drug-likeness (QED) is 0.125. The third-order valence-corrected chi connectivity index (χ3v) is 12.8. The lowest BCUT2D eigenvalue weighted by molar-refractivity contribution is 0.330. The first-order valence-electron chi connectivity index (χ1n) is 17.1. The average molecular weight is 661 g/mol. The molecule has 4 nitrogen and oxygen atoms in total. The molecule has 2 atom stereocenters. The summed E-state index contributed by atoms with van der Waals surface area (Å²) in [6.45, 7) is 22.9. The van der Waals surface area contributed by atoms with E-state index in [1.165, 1.54) is 93.3 Å². The van der Waals surface area contributed by atoms with Gasteiger partial charge in [0.25, 0.3) is 0 Å². The highest BCUT2D eigenvalue weighted by molar-refractivity contribution is 7.29. The number of benzene rings is 1. The van der Waals surface area contributed by atoms with Crippen molar-refractivity contribution in [1.82, 2.24) is 13.3 Å². The minimum Gasteiger partial charge on any atom is -0.336 e. The highest BCUT2D eigenvalue weighted by Crippen LogP contribution is 2.49. The summed E-state index contributed by atoms with van der Waals surface area (Å²) in [4.78, 5) is 2.63. The molecule has 0 spiro atoms. The Kier molecular flexibility index (Phi) is 10.2. The maximum Gasteiger partial charge on any atom is 0.113 e. The predicted octanol–water partition coefficient (Wildman–Crippen LogP) is 13.0. The van der Waals surface area contributed by atoms with Gasteiger partial charge >= 0.3 is 0 Å². The van der Waals surface area contributed by atoms with Crippen molar-refractivity contribution in [1.29, 1.82) is 5.26 Å². The number of aromatic nitrogens is 3. The minimum absolute atomic E-state index is 0.101. The first kappa shape index (κ1) is 34.1. The van der Waals surface area contributed by atoms with Gasteiger partial charge in [0.2, 0.25) is 0 Å². The maximum atomic E-state index is 10.3. The van der Waals surface area contributed by atoms with Crippen LogP contribution in [0.25, 0.3) is 41.9 Å². The van der Waals surface area contributed by atoms with Gasteiger partial charge in [0.15, 0.2) is 0 Å². The van der Waals surface area contributed by atoms with Gasteiger partial charge in [0.05, 0.1) is 43.8 Å². The first-order chi connectivity index (χ1) is 21.3. The summed E-state index contributed by atoms with van der Waals surface area (Å²) in [5.41, 5.74) is 7.21. The molecule has 4 heterocycles. The maximum absolute atomic E-state index is 10.3. The van der Waals surface area contributed by atoms with Crippen molar-refractivity contribution >= 4 is 65.9 Å². The van der Waals surface area contributed by atoms with E-state index in [0.29, 0.717) is 17.5 Å². The predicted molar refractivity (Wildman–Crippen MR) is 199 cm³/mol. The number of unbranched alkanes of at least 4 members (excludes halogenated alkanes) is 2. The Labute approximate surface area is 283 Å². The van der Waals surface area contributed by atoms with Crippen molar-refractivity contribution in [3.8, 4) is 16.5 Å². The summed E-state index contributed by atoms with van der Waals surface area (Å²) < 4.78 is 15.1. The number of thiophene rings is 2. The lowest BCUT2D eigenvalue weighted by Crippen LogP contribution is -2.14. The fourth-order valence-electron chi connectivity index (χ4n) is 7.01. The number of fused-ring (bicyclic) bond motifs is 4. The molecule has 4 aromatic heterocycles. The molecule has 0 aliphatic heterocycles. The Morgan fingerprint density at radius 2 is 1.53 bits per heavy atom. The number of hydrogen-bond acceptors (Lipinski definition) is 6. The van der Waals surface area contributed by atoms with Crippen molar-refractivity contribution in [2.45, 2.75) is 137 Å². The third kappa shape index (κ3) is 6.90. The normalized spacial score (nSPS) is 14.3. The molecular weight excluding hydrogens is 609 g/mol. The second-order valence-corrected chi connectivity index (χ2v) is 18.2. The molecule has 0 fully saturated rings. The van der Waals surface area contributed by atoms with Crippen LogP contribution in [0.1, 0.15) is 143 Å². The molecule has 242 valence electrons. The third-order valence-electron chi connectivity index (χ3n) is 9.37. The Hall–Kier alpha value is -2.27. The summed E-state index contributed by atoms with van der Waals surface area (Å²) in [5.74, 6) is 1.42. The molecule has 0 amide bonds. The largest absolute Gasteiger partial charge is 0.336 e. The molecule has 1 aromatic carbocycles. The summed E-state index contributed by atoms with van der Waals surface area (Å²) in [7, 11) is 0. The highest BCUT2D eigenvalue weighted by Gasteiger charge is 2.29.